The quantitative estimate of drug-likeness (QED) is 0.767. The molecular weight excluding hydrogens is 236 g/mol. The molecule has 0 heterocycles. The molecule has 100 valence electrons. The molecule has 2 aromatic carbocycles. The average molecular weight is 256 g/mol. The lowest BCUT2D eigenvalue weighted by Gasteiger charge is -2.14. The Bertz CT molecular complexity index is 453. The fourth-order valence-electron chi connectivity index (χ4n) is 2.13. The van der Waals surface area contributed by atoms with Crippen LogP contribution in [0.2, 0.25) is 0 Å². The van der Waals surface area contributed by atoms with Crippen LogP contribution in [0.4, 0.5) is 0 Å². The Labute approximate surface area is 114 Å². The highest BCUT2D eigenvalue weighted by Gasteiger charge is 2.09. The molecule has 19 heavy (non-hydrogen) atoms. The second kappa shape index (κ2) is 7.59. The van der Waals surface area contributed by atoms with Crippen molar-refractivity contribution in [2.45, 2.75) is 18.8 Å². The van der Waals surface area contributed by atoms with Crippen molar-refractivity contribution < 1.29 is 9.84 Å². The molecule has 0 spiro atoms. The van der Waals surface area contributed by atoms with Crippen LogP contribution >= 0.6 is 0 Å². The highest BCUT2D eigenvalue weighted by atomic mass is 16.5. The second-order valence-electron chi connectivity index (χ2n) is 4.59. The van der Waals surface area contributed by atoms with Crippen molar-refractivity contribution in [3.05, 3.63) is 66.2 Å². The van der Waals surface area contributed by atoms with Crippen molar-refractivity contribution in [2.24, 2.45) is 0 Å². The van der Waals surface area contributed by atoms with Gasteiger partial charge in [-0.15, -0.1) is 0 Å². The Morgan fingerprint density at radius 2 is 1.53 bits per heavy atom. The van der Waals surface area contributed by atoms with E-state index >= 15 is 0 Å². The van der Waals surface area contributed by atoms with Crippen molar-refractivity contribution in [3.8, 4) is 5.75 Å². The summed E-state index contributed by atoms with van der Waals surface area (Å²) in [7, 11) is 0. The molecule has 0 radical (unpaired) electrons. The summed E-state index contributed by atoms with van der Waals surface area (Å²) < 4.78 is 5.66. The van der Waals surface area contributed by atoms with Gasteiger partial charge in [0, 0.05) is 12.5 Å². The summed E-state index contributed by atoms with van der Waals surface area (Å²) in [5.41, 5.74) is 1.20. The van der Waals surface area contributed by atoms with E-state index < -0.39 is 0 Å². The largest absolute Gasteiger partial charge is 0.494 e. The van der Waals surface area contributed by atoms with Crippen molar-refractivity contribution in [3.63, 3.8) is 0 Å². The third-order valence-corrected chi connectivity index (χ3v) is 3.20. The van der Waals surface area contributed by atoms with Crippen LogP contribution in [0.25, 0.3) is 0 Å². The average Bonchev–Trinajstić information content (AvgIpc) is 2.49. The molecule has 2 heteroatoms. The van der Waals surface area contributed by atoms with Crippen LogP contribution in [0, 0.1) is 0 Å². The van der Waals surface area contributed by atoms with Gasteiger partial charge in [-0.3, -0.25) is 0 Å². The zero-order valence-electron chi connectivity index (χ0n) is 11.0. The zero-order valence-corrected chi connectivity index (χ0v) is 11.0. The van der Waals surface area contributed by atoms with Gasteiger partial charge >= 0.3 is 0 Å². The summed E-state index contributed by atoms with van der Waals surface area (Å²) in [5.74, 6) is 1.11. The SMILES string of the molecule is OCC(CCCOc1ccccc1)c1ccccc1. The molecule has 0 aliphatic heterocycles. The van der Waals surface area contributed by atoms with Gasteiger partial charge in [0.15, 0.2) is 0 Å². The molecule has 0 fully saturated rings. The first kappa shape index (κ1) is 13.6. The van der Waals surface area contributed by atoms with Crippen LogP contribution in [-0.4, -0.2) is 18.3 Å². The highest BCUT2D eigenvalue weighted by Crippen LogP contribution is 2.20. The van der Waals surface area contributed by atoms with E-state index in [1.807, 2.05) is 48.5 Å². The molecule has 1 unspecified atom stereocenters. The Hall–Kier alpha value is -1.80. The van der Waals surface area contributed by atoms with Crippen molar-refractivity contribution in [1.29, 1.82) is 0 Å². The zero-order chi connectivity index (χ0) is 13.3. The molecule has 0 aliphatic carbocycles. The molecule has 0 amide bonds. The summed E-state index contributed by atoms with van der Waals surface area (Å²) in [6.45, 7) is 0.878. The van der Waals surface area contributed by atoms with Crippen LogP contribution in [0.5, 0.6) is 5.75 Å². The third kappa shape index (κ3) is 4.42. The van der Waals surface area contributed by atoms with Gasteiger partial charge in [0.25, 0.3) is 0 Å². The number of ether oxygens (including phenoxy) is 1. The summed E-state index contributed by atoms with van der Waals surface area (Å²) in [4.78, 5) is 0. The molecule has 0 aliphatic rings. The Balaban J connectivity index is 1.75. The van der Waals surface area contributed by atoms with Gasteiger partial charge in [-0.05, 0) is 30.5 Å². The van der Waals surface area contributed by atoms with E-state index in [1.54, 1.807) is 0 Å². The summed E-state index contributed by atoms with van der Waals surface area (Å²) in [6, 6.07) is 20.0. The van der Waals surface area contributed by atoms with Crippen molar-refractivity contribution in [1.82, 2.24) is 0 Å². The molecule has 2 nitrogen and oxygen atoms in total. The predicted octanol–water partition coefficient (Wildman–Crippen LogP) is 3.62. The highest BCUT2D eigenvalue weighted by molar-refractivity contribution is 5.21. The van der Waals surface area contributed by atoms with Crippen molar-refractivity contribution in [2.75, 3.05) is 13.2 Å². The van der Waals surface area contributed by atoms with Gasteiger partial charge in [0.1, 0.15) is 5.75 Å². The Kier molecular flexibility index (Phi) is 5.45. The normalized spacial score (nSPS) is 12.1. The molecule has 1 N–H and O–H groups in total. The van der Waals surface area contributed by atoms with Gasteiger partial charge in [-0.25, -0.2) is 0 Å². The third-order valence-electron chi connectivity index (χ3n) is 3.20. The maximum Gasteiger partial charge on any atom is 0.119 e. The van der Waals surface area contributed by atoms with Crippen LogP contribution in [0.3, 0.4) is 0 Å². The van der Waals surface area contributed by atoms with Crippen LogP contribution in [0.15, 0.2) is 60.7 Å². The summed E-state index contributed by atoms with van der Waals surface area (Å²) in [5, 5.41) is 9.46. The van der Waals surface area contributed by atoms with Crippen LogP contribution < -0.4 is 4.74 Å². The van der Waals surface area contributed by atoms with E-state index in [1.165, 1.54) is 5.56 Å². The molecule has 0 saturated carbocycles. The van der Waals surface area contributed by atoms with Crippen LogP contribution in [-0.2, 0) is 0 Å². The summed E-state index contributed by atoms with van der Waals surface area (Å²) in [6.07, 6.45) is 1.88. The van der Waals surface area contributed by atoms with E-state index in [9.17, 15) is 5.11 Å². The monoisotopic (exact) mass is 256 g/mol. The van der Waals surface area contributed by atoms with Gasteiger partial charge in [-0.2, -0.15) is 0 Å². The first-order valence-electron chi connectivity index (χ1n) is 6.74. The number of hydrogen-bond acceptors (Lipinski definition) is 2. The molecule has 0 aromatic heterocycles. The minimum Gasteiger partial charge on any atom is -0.494 e. The molecule has 0 bridgehead atoms. The fourth-order valence-corrected chi connectivity index (χ4v) is 2.13. The lowest BCUT2D eigenvalue weighted by molar-refractivity contribution is 0.243. The number of aliphatic hydroxyl groups excluding tert-OH is 1. The van der Waals surface area contributed by atoms with Gasteiger partial charge in [0.2, 0.25) is 0 Å². The van der Waals surface area contributed by atoms with Crippen LogP contribution in [0.1, 0.15) is 24.3 Å². The Morgan fingerprint density at radius 3 is 2.16 bits per heavy atom. The first-order valence-corrected chi connectivity index (χ1v) is 6.74. The topological polar surface area (TPSA) is 29.5 Å². The van der Waals surface area contributed by atoms with E-state index in [-0.39, 0.29) is 12.5 Å². The van der Waals surface area contributed by atoms with Gasteiger partial charge < -0.3 is 9.84 Å². The predicted molar refractivity (Wildman–Crippen MR) is 77.4 cm³/mol. The van der Waals surface area contributed by atoms with E-state index in [0.29, 0.717) is 6.61 Å². The molecular formula is C17H20O2. The standard InChI is InChI=1S/C17H20O2/c18-14-16(15-8-3-1-4-9-15)10-7-13-19-17-11-5-2-6-12-17/h1-6,8-9,11-12,16,18H,7,10,13-14H2. The molecule has 2 aromatic rings. The Morgan fingerprint density at radius 1 is 0.895 bits per heavy atom. The number of rotatable bonds is 7. The number of benzene rings is 2. The molecule has 1 atom stereocenters. The number of para-hydroxylation sites is 1. The maximum absolute atomic E-state index is 9.46. The fraction of sp³-hybridized carbons (Fsp3) is 0.294. The first-order chi connectivity index (χ1) is 9.40. The van der Waals surface area contributed by atoms with E-state index in [2.05, 4.69) is 12.1 Å². The lowest BCUT2D eigenvalue weighted by Crippen LogP contribution is -2.07. The summed E-state index contributed by atoms with van der Waals surface area (Å²) >= 11 is 0. The van der Waals surface area contributed by atoms with Gasteiger partial charge in [0.05, 0.1) is 6.61 Å². The van der Waals surface area contributed by atoms with E-state index in [0.717, 1.165) is 18.6 Å². The molecule has 2 rings (SSSR count). The minimum atomic E-state index is 0.190. The van der Waals surface area contributed by atoms with Gasteiger partial charge in [-0.1, -0.05) is 48.5 Å². The lowest BCUT2D eigenvalue weighted by atomic mass is 9.95. The second-order valence-corrected chi connectivity index (χ2v) is 4.59. The van der Waals surface area contributed by atoms with E-state index in [4.69, 9.17) is 4.74 Å². The number of aliphatic hydroxyl groups is 1. The maximum atomic E-state index is 9.46. The smallest absolute Gasteiger partial charge is 0.119 e. The molecule has 0 saturated heterocycles. The minimum absolute atomic E-state index is 0.190. The number of hydrogen-bond donors (Lipinski definition) is 1. The van der Waals surface area contributed by atoms with Crippen molar-refractivity contribution >= 4 is 0 Å².